The van der Waals surface area contributed by atoms with Crippen molar-refractivity contribution in [3.05, 3.63) is 47.5 Å². The number of benzene rings is 1. The molecule has 1 atom stereocenters. The van der Waals surface area contributed by atoms with E-state index in [1.807, 2.05) is 30.3 Å². The first-order chi connectivity index (χ1) is 7.18. The van der Waals surface area contributed by atoms with Crippen molar-refractivity contribution in [1.29, 1.82) is 0 Å². The van der Waals surface area contributed by atoms with Gasteiger partial charge in [0, 0.05) is 11.6 Å². The number of Topliss-reactive ketones (excluding diaryl/α,β-unsaturated/α-hetero) is 1. The van der Waals surface area contributed by atoms with Crippen molar-refractivity contribution in [2.24, 2.45) is 0 Å². The summed E-state index contributed by atoms with van der Waals surface area (Å²) < 4.78 is 5.07. The van der Waals surface area contributed by atoms with Crippen molar-refractivity contribution < 1.29 is 14.3 Å². The molecule has 76 valence electrons. The molecule has 0 aliphatic carbocycles. The zero-order chi connectivity index (χ0) is 10.8. The van der Waals surface area contributed by atoms with Crippen LogP contribution in [0.5, 0.6) is 0 Å². The van der Waals surface area contributed by atoms with Gasteiger partial charge in [0.2, 0.25) is 0 Å². The van der Waals surface area contributed by atoms with Crippen LogP contribution in [0, 0.1) is 0 Å². The van der Waals surface area contributed by atoms with Crippen LogP contribution in [0.1, 0.15) is 18.6 Å². The molecular formula is C12H10O3. The Bertz CT molecular complexity index is 431. The van der Waals surface area contributed by atoms with E-state index in [4.69, 9.17) is 4.74 Å². The molecule has 0 amide bonds. The summed E-state index contributed by atoms with van der Waals surface area (Å²) in [5.74, 6) is -0.580. The van der Waals surface area contributed by atoms with Crippen LogP contribution in [0.15, 0.2) is 42.0 Å². The highest BCUT2D eigenvalue weighted by atomic mass is 16.5. The minimum Gasteiger partial charge on any atom is -0.449 e. The van der Waals surface area contributed by atoms with Crippen LogP contribution in [-0.4, -0.2) is 11.8 Å². The Kier molecular flexibility index (Phi) is 2.37. The van der Waals surface area contributed by atoms with E-state index >= 15 is 0 Å². The fourth-order valence-corrected chi connectivity index (χ4v) is 1.58. The van der Waals surface area contributed by atoms with Crippen molar-refractivity contribution in [1.82, 2.24) is 0 Å². The van der Waals surface area contributed by atoms with E-state index < -0.39 is 12.1 Å². The van der Waals surface area contributed by atoms with E-state index in [0.717, 1.165) is 5.56 Å². The van der Waals surface area contributed by atoms with E-state index in [1.165, 1.54) is 13.0 Å². The third-order valence-corrected chi connectivity index (χ3v) is 2.30. The van der Waals surface area contributed by atoms with Gasteiger partial charge in [-0.1, -0.05) is 30.3 Å². The van der Waals surface area contributed by atoms with Crippen molar-refractivity contribution in [3.63, 3.8) is 0 Å². The van der Waals surface area contributed by atoms with E-state index in [0.29, 0.717) is 5.57 Å². The summed E-state index contributed by atoms with van der Waals surface area (Å²) in [6.07, 6.45) is 0.733. The number of esters is 1. The molecule has 1 aromatic rings. The van der Waals surface area contributed by atoms with Crippen LogP contribution in [0.4, 0.5) is 0 Å². The Morgan fingerprint density at radius 2 is 1.93 bits per heavy atom. The Hall–Kier alpha value is -1.90. The van der Waals surface area contributed by atoms with Gasteiger partial charge in [0.15, 0.2) is 11.9 Å². The maximum absolute atomic E-state index is 11.3. The largest absolute Gasteiger partial charge is 0.449 e. The van der Waals surface area contributed by atoms with Gasteiger partial charge < -0.3 is 4.74 Å². The number of carbonyl (C=O) groups excluding carboxylic acids is 2. The molecule has 1 aliphatic heterocycles. The molecule has 0 spiro atoms. The molecule has 3 heteroatoms. The summed E-state index contributed by atoms with van der Waals surface area (Å²) >= 11 is 0. The van der Waals surface area contributed by atoms with Gasteiger partial charge in [-0.15, -0.1) is 0 Å². The quantitative estimate of drug-likeness (QED) is 0.687. The first-order valence-corrected chi connectivity index (χ1v) is 4.66. The average Bonchev–Trinajstić information content (AvgIpc) is 2.62. The summed E-state index contributed by atoms with van der Waals surface area (Å²) in [5, 5.41) is 0. The summed E-state index contributed by atoms with van der Waals surface area (Å²) in [4.78, 5) is 22.4. The number of hydrogen-bond donors (Lipinski definition) is 0. The first kappa shape index (κ1) is 9.65. The zero-order valence-corrected chi connectivity index (χ0v) is 8.27. The highest BCUT2D eigenvalue weighted by Gasteiger charge is 2.29. The number of ketones is 1. The standard InChI is InChI=1S/C12H10O3/c1-8(13)10-7-11(14)15-12(10)9-5-3-2-4-6-9/h2-7,12H,1H3. The Morgan fingerprint density at radius 1 is 1.27 bits per heavy atom. The first-order valence-electron chi connectivity index (χ1n) is 4.66. The van der Waals surface area contributed by atoms with Gasteiger partial charge in [-0.25, -0.2) is 4.79 Å². The fraction of sp³-hybridized carbons (Fsp3) is 0.167. The Balaban J connectivity index is 2.36. The number of ether oxygens (including phenoxy) is 1. The van der Waals surface area contributed by atoms with Gasteiger partial charge in [-0.05, 0) is 12.5 Å². The molecular weight excluding hydrogens is 192 g/mol. The molecule has 0 N–H and O–H groups in total. The van der Waals surface area contributed by atoms with Gasteiger partial charge in [0.05, 0.1) is 0 Å². The van der Waals surface area contributed by atoms with Crippen LogP contribution in [0.3, 0.4) is 0 Å². The summed E-state index contributed by atoms with van der Waals surface area (Å²) in [6.45, 7) is 1.43. The number of hydrogen-bond acceptors (Lipinski definition) is 3. The van der Waals surface area contributed by atoms with Gasteiger partial charge in [0.25, 0.3) is 0 Å². The molecule has 2 rings (SSSR count). The van der Waals surface area contributed by atoms with Crippen LogP contribution in [-0.2, 0) is 14.3 Å². The molecule has 0 bridgehead atoms. The van der Waals surface area contributed by atoms with Gasteiger partial charge >= 0.3 is 5.97 Å². The molecule has 0 saturated heterocycles. The van der Waals surface area contributed by atoms with Gasteiger partial charge in [0.1, 0.15) is 0 Å². The predicted molar refractivity (Wildman–Crippen MR) is 54.0 cm³/mol. The molecule has 0 radical (unpaired) electrons. The van der Waals surface area contributed by atoms with Crippen LogP contribution < -0.4 is 0 Å². The number of carbonyl (C=O) groups is 2. The van der Waals surface area contributed by atoms with Crippen molar-refractivity contribution in [2.75, 3.05) is 0 Å². The van der Waals surface area contributed by atoms with Gasteiger partial charge in [-0.3, -0.25) is 4.79 Å². The molecule has 15 heavy (non-hydrogen) atoms. The van der Waals surface area contributed by atoms with E-state index in [2.05, 4.69) is 0 Å². The average molecular weight is 202 g/mol. The maximum Gasteiger partial charge on any atom is 0.332 e. The lowest BCUT2D eigenvalue weighted by Crippen LogP contribution is -2.07. The fourth-order valence-electron chi connectivity index (χ4n) is 1.58. The van der Waals surface area contributed by atoms with Crippen LogP contribution in [0.2, 0.25) is 0 Å². The summed E-state index contributed by atoms with van der Waals surface area (Å²) in [5.41, 5.74) is 1.25. The van der Waals surface area contributed by atoms with Crippen molar-refractivity contribution in [3.8, 4) is 0 Å². The Morgan fingerprint density at radius 3 is 2.53 bits per heavy atom. The normalized spacial score (nSPS) is 19.7. The third-order valence-electron chi connectivity index (χ3n) is 2.30. The Labute approximate surface area is 87.4 Å². The molecule has 1 aliphatic rings. The lowest BCUT2D eigenvalue weighted by atomic mass is 10.0. The van der Waals surface area contributed by atoms with E-state index in [1.54, 1.807) is 0 Å². The maximum atomic E-state index is 11.3. The zero-order valence-electron chi connectivity index (χ0n) is 8.27. The van der Waals surface area contributed by atoms with E-state index in [-0.39, 0.29) is 5.78 Å². The second kappa shape index (κ2) is 3.69. The lowest BCUT2D eigenvalue weighted by molar-refractivity contribution is -0.139. The second-order valence-electron chi connectivity index (χ2n) is 3.38. The summed E-state index contributed by atoms with van der Waals surface area (Å²) in [6, 6.07) is 9.23. The minimum absolute atomic E-state index is 0.130. The molecule has 1 aromatic carbocycles. The van der Waals surface area contributed by atoms with Crippen molar-refractivity contribution >= 4 is 11.8 Å². The summed E-state index contributed by atoms with van der Waals surface area (Å²) in [7, 11) is 0. The van der Waals surface area contributed by atoms with E-state index in [9.17, 15) is 9.59 Å². The van der Waals surface area contributed by atoms with Crippen LogP contribution >= 0.6 is 0 Å². The topological polar surface area (TPSA) is 43.4 Å². The lowest BCUT2D eigenvalue weighted by Gasteiger charge is -2.12. The molecule has 1 unspecified atom stereocenters. The van der Waals surface area contributed by atoms with Crippen LogP contribution in [0.25, 0.3) is 0 Å². The molecule has 3 nitrogen and oxygen atoms in total. The number of cyclic esters (lactones) is 1. The minimum atomic E-state index is -0.531. The van der Waals surface area contributed by atoms with Gasteiger partial charge in [-0.2, -0.15) is 0 Å². The number of rotatable bonds is 2. The monoisotopic (exact) mass is 202 g/mol. The third kappa shape index (κ3) is 1.81. The molecule has 0 saturated carbocycles. The SMILES string of the molecule is CC(=O)C1=CC(=O)OC1c1ccccc1. The second-order valence-corrected chi connectivity index (χ2v) is 3.38. The smallest absolute Gasteiger partial charge is 0.332 e. The molecule has 0 aromatic heterocycles. The van der Waals surface area contributed by atoms with Crippen molar-refractivity contribution in [2.45, 2.75) is 13.0 Å². The predicted octanol–water partition coefficient (Wildman–Crippen LogP) is 1.80. The highest BCUT2D eigenvalue weighted by Crippen LogP contribution is 2.31. The highest BCUT2D eigenvalue weighted by molar-refractivity contribution is 6.03. The molecule has 0 fully saturated rings. The molecule has 1 heterocycles.